The molecule has 3 aromatic rings. The first-order chi connectivity index (χ1) is 12.8. The molecule has 128 valence electrons. The Morgan fingerprint density at radius 1 is 1.31 bits per heavy atom. The summed E-state index contributed by atoms with van der Waals surface area (Å²) < 4.78 is 0. The second-order valence-electron chi connectivity index (χ2n) is 6.03. The Morgan fingerprint density at radius 2 is 2.23 bits per heavy atom. The minimum absolute atomic E-state index is 0.192. The normalized spacial score (nSPS) is 16.4. The summed E-state index contributed by atoms with van der Waals surface area (Å²) in [5.41, 5.74) is 1.12. The molecule has 1 aliphatic rings. The molecule has 0 radical (unpaired) electrons. The van der Waals surface area contributed by atoms with Crippen molar-refractivity contribution in [2.45, 2.75) is 12.5 Å². The van der Waals surface area contributed by atoms with Gasteiger partial charge < -0.3 is 14.8 Å². The van der Waals surface area contributed by atoms with Gasteiger partial charge in [0.1, 0.15) is 29.7 Å². The zero-order chi connectivity index (χ0) is 17.9. The summed E-state index contributed by atoms with van der Waals surface area (Å²) in [6, 6.07) is 4.16. The lowest BCUT2D eigenvalue weighted by atomic mass is 10.2. The van der Waals surface area contributed by atoms with Crippen molar-refractivity contribution in [3.8, 4) is 18.4 Å². The molecule has 0 saturated carbocycles. The van der Waals surface area contributed by atoms with Crippen molar-refractivity contribution in [2.24, 2.45) is 0 Å². The Bertz CT molecular complexity index is 994. The predicted octanol–water partition coefficient (Wildman–Crippen LogP) is 1.34. The van der Waals surface area contributed by atoms with E-state index in [9.17, 15) is 0 Å². The molecule has 8 nitrogen and oxygen atoms in total. The van der Waals surface area contributed by atoms with Gasteiger partial charge in [0.15, 0.2) is 5.69 Å². The first kappa shape index (κ1) is 15.9. The third-order valence-corrected chi connectivity index (χ3v) is 4.55. The van der Waals surface area contributed by atoms with Crippen LogP contribution in [0.1, 0.15) is 12.1 Å². The van der Waals surface area contributed by atoms with Crippen molar-refractivity contribution in [1.29, 1.82) is 5.26 Å². The minimum Gasteiger partial charge on any atom is -0.354 e. The Morgan fingerprint density at radius 3 is 3.00 bits per heavy atom. The lowest BCUT2D eigenvalue weighted by molar-refractivity contribution is 0.662. The molecule has 1 N–H and O–H groups in total. The van der Waals surface area contributed by atoms with Crippen molar-refractivity contribution < 1.29 is 0 Å². The highest BCUT2D eigenvalue weighted by atomic mass is 15.3. The average Bonchev–Trinajstić information content (AvgIpc) is 3.35. The van der Waals surface area contributed by atoms with E-state index < -0.39 is 0 Å². The van der Waals surface area contributed by atoms with Gasteiger partial charge in [0.25, 0.3) is 0 Å². The Labute approximate surface area is 150 Å². The molecule has 26 heavy (non-hydrogen) atoms. The fraction of sp³-hybridized carbons (Fsp3) is 0.278. The number of aromatic nitrogens is 5. The van der Waals surface area contributed by atoms with E-state index >= 15 is 0 Å². The van der Waals surface area contributed by atoms with E-state index in [0.29, 0.717) is 18.1 Å². The Balaban J connectivity index is 1.58. The maximum Gasteiger partial charge on any atom is 0.158 e. The molecule has 3 aromatic heterocycles. The van der Waals surface area contributed by atoms with Crippen LogP contribution in [0, 0.1) is 23.7 Å². The molecule has 1 aliphatic heterocycles. The molecule has 0 aromatic carbocycles. The summed E-state index contributed by atoms with van der Waals surface area (Å²) in [5, 5.41) is 9.90. The molecule has 1 atom stereocenters. The Hall–Kier alpha value is -3.65. The van der Waals surface area contributed by atoms with Gasteiger partial charge in [0, 0.05) is 19.3 Å². The molecule has 1 unspecified atom stereocenters. The second kappa shape index (κ2) is 6.69. The van der Waals surface area contributed by atoms with E-state index in [4.69, 9.17) is 11.7 Å². The predicted molar refractivity (Wildman–Crippen MR) is 97.4 cm³/mol. The highest BCUT2D eigenvalue weighted by Gasteiger charge is 2.30. The fourth-order valence-electron chi connectivity index (χ4n) is 3.32. The summed E-state index contributed by atoms with van der Waals surface area (Å²) >= 11 is 0. The van der Waals surface area contributed by atoms with Crippen molar-refractivity contribution in [3.63, 3.8) is 0 Å². The third kappa shape index (κ3) is 2.78. The Kier molecular flexibility index (Phi) is 4.08. The van der Waals surface area contributed by atoms with Crippen LogP contribution < -0.4 is 9.80 Å². The van der Waals surface area contributed by atoms with Crippen LogP contribution in [0.15, 0.2) is 31.0 Å². The van der Waals surface area contributed by atoms with Crippen LogP contribution in [-0.2, 0) is 0 Å². The summed E-state index contributed by atoms with van der Waals surface area (Å²) in [5.74, 6) is 4.30. The van der Waals surface area contributed by atoms with Crippen LogP contribution in [0.5, 0.6) is 0 Å². The highest BCUT2D eigenvalue weighted by Crippen LogP contribution is 2.28. The van der Waals surface area contributed by atoms with Gasteiger partial charge in [-0.15, -0.1) is 6.42 Å². The van der Waals surface area contributed by atoms with Gasteiger partial charge in [0.2, 0.25) is 0 Å². The standard InChI is InChI=1S/C18H16N8/c1-2-6-26(16-10-21-13(8-19)9-22-16)14-4-7-25(11-14)18-15-3-5-20-17(15)23-12-24-18/h1,3,5,9-10,12,14H,4,6-7,11H2,(H,20,23,24). The van der Waals surface area contributed by atoms with Gasteiger partial charge >= 0.3 is 0 Å². The van der Waals surface area contributed by atoms with E-state index in [1.807, 2.05) is 18.3 Å². The first-order valence-corrected chi connectivity index (χ1v) is 8.25. The van der Waals surface area contributed by atoms with Gasteiger partial charge in [-0.05, 0) is 12.5 Å². The largest absolute Gasteiger partial charge is 0.354 e. The number of hydrogen-bond acceptors (Lipinski definition) is 7. The maximum absolute atomic E-state index is 8.89. The van der Waals surface area contributed by atoms with Gasteiger partial charge in [-0.2, -0.15) is 5.26 Å². The topological polar surface area (TPSA) is 97.6 Å². The number of aromatic amines is 1. The lowest BCUT2D eigenvalue weighted by Gasteiger charge is -2.28. The summed E-state index contributed by atoms with van der Waals surface area (Å²) in [6.07, 6.45) is 13.0. The number of hydrogen-bond donors (Lipinski definition) is 1. The van der Waals surface area contributed by atoms with Crippen LogP contribution in [0.2, 0.25) is 0 Å². The van der Waals surface area contributed by atoms with Crippen LogP contribution in [0.3, 0.4) is 0 Å². The average molecular weight is 344 g/mol. The summed E-state index contributed by atoms with van der Waals surface area (Å²) in [7, 11) is 0. The molecule has 8 heteroatoms. The highest BCUT2D eigenvalue weighted by molar-refractivity contribution is 5.87. The SMILES string of the molecule is C#CCN(c1cnc(C#N)cn1)C1CCN(c2ncnc3[nH]ccc23)C1. The number of rotatable bonds is 4. The first-order valence-electron chi connectivity index (χ1n) is 8.25. The van der Waals surface area contributed by atoms with Crippen molar-refractivity contribution in [3.05, 3.63) is 36.7 Å². The zero-order valence-electron chi connectivity index (χ0n) is 14.0. The third-order valence-electron chi connectivity index (χ3n) is 4.55. The van der Waals surface area contributed by atoms with Crippen LogP contribution in [0.25, 0.3) is 11.0 Å². The van der Waals surface area contributed by atoms with Crippen molar-refractivity contribution in [1.82, 2.24) is 24.9 Å². The zero-order valence-corrected chi connectivity index (χ0v) is 14.0. The number of nitrogens with zero attached hydrogens (tertiary/aromatic N) is 7. The fourth-order valence-corrected chi connectivity index (χ4v) is 3.32. The molecule has 0 bridgehead atoms. The number of anilines is 2. The monoisotopic (exact) mass is 344 g/mol. The molecule has 1 fully saturated rings. The number of fused-ring (bicyclic) bond motifs is 1. The number of nitrogens with one attached hydrogen (secondary N) is 1. The quantitative estimate of drug-likeness (QED) is 0.713. The van der Waals surface area contributed by atoms with Gasteiger partial charge in [0.05, 0.1) is 30.4 Å². The summed E-state index contributed by atoms with van der Waals surface area (Å²) in [6.45, 7) is 2.08. The molecule has 0 spiro atoms. The van der Waals surface area contributed by atoms with E-state index in [1.54, 1.807) is 12.5 Å². The smallest absolute Gasteiger partial charge is 0.158 e. The lowest BCUT2D eigenvalue weighted by Crippen LogP contribution is -2.38. The molecule has 0 amide bonds. The van der Waals surface area contributed by atoms with E-state index in [-0.39, 0.29) is 6.04 Å². The number of H-pyrrole nitrogens is 1. The number of terminal acetylenes is 1. The van der Waals surface area contributed by atoms with Crippen LogP contribution in [-0.4, -0.2) is 50.6 Å². The van der Waals surface area contributed by atoms with Crippen LogP contribution in [0.4, 0.5) is 11.6 Å². The second-order valence-corrected chi connectivity index (χ2v) is 6.03. The molecule has 4 heterocycles. The summed E-state index contributed by atoms with van der Waals surface area (Å²) in [4.78, 5) is 24.6. The van der Waals surface area contributed by atoms with E-state index in [1.165, 1.54) is 6.20 Å². The molecular formula is C18H16N8. The van der Waals surface area contributed by atoms with Crippen molar-refractivity contribution in [2.75, 3.05) is 29.4 Å². The van der Waals surface area contributed by atoms with Gasteiger partial charge in [-0.25, -0.2) is 19.9 Å². The molecule has 0 aliphatic carbocycles. The van der Waals surface area contributed by atoms with Crippen molar-refractivity contribution >= 4 is 22.7 Å². The van der Waals surface area contributed by atoms with E-state index in [0.717, 1.165) is 36.4 Å². The van der Waals surface area contributed by atoms with Crippen LogP contribution >= 0.6 is 0 Å². The maximum atomic E-state index is 8.89. The molecule has 1 saturated heterocycles. The van der Waals surface area contributed by atoms with Gasteiger partial charge in [-0.1, -0.05) is 5.92 Å². The van der Waals surface area contributed by atoms with E-state index in [2.05, 4.69) is 40.6 Å². The minimum atomic E-state index is 0.192. The molecular weight excluding hydrogens is 328 g/mol. The molecule has 4 rings (SSSR count). The number of nitriles is 1. The van der Waals surface area contributed by atoms with Gasteiger partial charge in [-0.3, -0.25) is 0 Å².